The number of primary amides is 1. The van der Waals surface area contributed by atoms with Crippen LogP contribution in [0, 0.1) is 0 Å². The number of nitrogens with two attached hydrogens (primary N) is 2. The van der Waals surface area contributed by atoms with Crippen molar-refractivity contribution in [2.45, 2.75) is 31.5 Å². The van der Waals surface area contributed by atoms with Gasteiger partial charge in [-0.15, -0.1) is 0 Å². The van der Waals surface area contributed by atoms with E-state index in [1.165, 1.54) is 6.92 Å². The van der Waals surface area contributed by atoms with E-state index in [4.69, 9.17) is 21.7 Å². The first-order valence-corrected chi connectivity index (χ1v) is 6.83. The summed E-state index contributed by atoms with van der Waals surface area (Å²) in [5, 5.41) is 23.7. The molecular weight excluding hydrogens is 326 g/mol. The minimum Gasteiger partial charge on any atom is -0.480 e. The zero-order chi connectivity index (χ0) is 18.9. The first kappa shape index (κ1) is 21.3. The lowest BCUT2D eigenvalue weighted by Gasteiger charge is -2.18. The van der Waals surface area contributed by atoms with Crippen LogP contribution in [0.15, 0.2) is 0 Å². The molecule has 24 heavy (non-hydrogen) atoms. The molecule has 4 amide bonds. The Morgan fingerprint density at radius 1 is 1.04 bits per heavy atom. The summed E-state index contributed by atoms with van der Waals surface area (Å²) in [6.45, 7) is -0.0986. The van der Waals surface area contributed by atoms with E-state index < -0.39 is 67.3 Å². The predicted molar refractivity (Wildman–Crippen MR) is 79.1 cm³/mol. The Hall–Kier alpha value is -2.73. The van der Waals surface area contributed by atoms with Gasteiger partial charge in [-0.05, 0) is 6.92 Å². The van der Waals surface area contributed by atoms with Gasteiger partial charge in [0.25, 0.3) is 0 Å². The van der Waals surface area contributed by atoms with Crippen LogP contribution in [-0.2, 0) is 24.0 Å². The quantitative estimate of drug-likeness (QED) is 0.203. The molecule has 3 atom stereocenters. The number of aliphatic carboxylic acids is 1. The van der Waals surface area contributed by atoms with Crippen LogP contribution in [0.2, 0.25) is 0 Å². The highest BCUT2D eigenvalue weighted by molar-refractivity contribution is 5.94. The molecule has 0 spiro atoms. The smallest absolute Gasteiger partial charge is 0.328 e. The molecule has 12 heteroatoms. The zero-order valence-electron chi connectivity index (χ0n) is 12.9. The second kappa shape index (κ2) is 10.1. The molecule has 9 N–H and O–H groups in total. The van der Waals surface area contributed by atoms with E-state index in [1.807, 2.05) is 5.32 Å². The molecule has 0 rings (SSSR count). The van der Waals surface area contributed by atoms with Crippen molar-refractivity contribution < 1.29 is 34.2 Å². The lowest BCUT2D eigenvalue weighted by atomic mass is 10.1. The summed E-state index contributed by atoms with van der Waals surface area (Å²) < 4.78 is 0. The molecule has 0 bridgehead atoms. The van der Waals surface area contributed by atoms with Gasteiger partial charge in [0.15, 0.2) is 0 Å². The maximum atomic E-state index is 11.9. The number of carboxylic acids is 1. The first-order valence-electron chi connectivity index (χ1n) is 6.83. The number of carbonyl (C=O) groups is 5. The molecule has 0 saturated heterocycles. The summed E-state index contributed by atoms with van der Waals surface area (Å²) in [7, 11) is 0. The Morgan fingerprint density at radius 2 is 1.62 bits per heavy atom. The monoisotopic (exact) mass is 347 g/mol. The van der Waals surface area contributed by atoms with Crippen molar-refractivity contribution in [3.63, 3.8) is 0 Å². The van der Waals surface area contributed by atoms with Crippen LogP contribution in [0.5, 0.6) is 0 Å². The normalized spacial score (nSPS) is 14.0. The number of aliphatic hydroxyl groups is 1. The van der Waals surface area contributed by atoms with Crippen LogP contribution in [0.1, 0.15) is 13.3 Å². The number of rotatable bonds is 10. The fraction of sp³-hybridized carbons (Fsp3) is 0.583. The van der Waals surface area contributed by atoms with Gasteiger partial charge in [-0.25, -0.2) is 4.79 Å². The largest absolute Gasteiger partial charge is 0.480 e. The standard InChI is InChI=1S/C12H21N5O7/c1-5(13)10(21)17-6(2-8(14)19)11(22)15-3-9(20)16-7(4-18)12(23)24/h5-7,18H,2-4,13H2,1H3,(H2,14,19)(H,15,22)(H,16,20)(H,17,21)(H,23,24). The van der Waals surface area contributed by atoms with Crippen LogP contribution in [-0.4, -0.2) is 71.1 Å². The molecule has 0 saturated carbocycles. The molecule has 0 fully saturated rings. The van der Waals surface area contributed by atoms with Crippen LogP contribution in [0.3, 0.4) is 0 Å². The molecule has 0 radical (unpaired) electrons. The Morgan fingerprint density at radius 3 is 2.04 bits per heavy atom. The molecule has 0 aliphatic heterocycles. The van der Waals surface area contributed by atoms with E-state index in [2.05, 4.69) is 10.6 Å². The third-order valence-corrected chi connectivity index (χ3v) is 2.69. The molecule has 0 aromatic rings. The average molecular weight is 347 g/mol. The number of amides is 4. The van der Waals surface area contributed by atoms with Gasteiger partial charge in [-0.3, -0.25) is 19.2 Å². The molecule has 0 aliphatic carbocycles. The minimum absolute atomic E-state index is 0.514. The lowest BCUT2D eigenvalue weighted by Crippen LogP contribution is -2.54. The van der Waals surface area contributed by atoms with Crippen molar-refractivity contribution in [2.24, 2.45) is 11.5 Å². The van der Waals surface area contributed by atoms with Crippen molar-refractivity contribution in [3.8, 4) is 0 Å². The SMILES string of the molecule is CC(N)C(=O)NC(CC(N)=O)C(=O)NCC(=O)NC(CO)C(=O)O. The molecule has 136 valence electrons. The fourth-order valence-electron chi connectivity index (χ4n) is 1.44. The van der Waals surface area contributed by atoms with Gasteiger partial charge >= 0.3 is 5.97 Å². The highest BCUT2D eigenvalue weighted by Gasteiger charge is 2.25. The Labute approximate surface area is 136 Å². The van der Waals surface area contributed by atoms with Gasteiger partial charge < -0.3 is 37.6 Å². The maximum Gasteiger partial charge on any atom is 0.328 e. The van der Waals surface area contributed by atoms with E-state index in [0.29, 0.717) is 0 Å². The third kappa shape index (κ3) is 8.05. The predicted octanol–water partition coefficient (Wildman–Crippen LogP) is -4.63. The van der Waals surface area contributed by atoms with Crippen LogP contribution in [0.25, 0.3) is 0 Å². The zero-order valence-corrected chi connectivity index (χ0v) is 12.9. The van der Waals surface area contributed by atoms with Gasteiger partial charge in [-0.1, -0.05) is 0 Å². The summed E-state index contributed by atoms with van der Waals surface area (Å²) in [6, 6.07) is -3.78. The van der Waals surface area contributed by atoms with Crippen molar-refractivity contribution in [1.29, 1.82) is 0 Å². The molecular formula is C12H21N5O7. The lowest BCUT2D eigenvalue weighted by molar-refractivity contribution is -0.143. The van der Waals surface area contributed by atoms with Crippen LogP contribution < -0.4 is 27.4 Å². The summed E-state index contributed by atoms with van der Waals surface area (Å²) in [5.41, 5.74) is 10.3. The second-order valence-electron chi connectivity index (χ2n) is 4.88. The van der Waals surface area contributed by atoms with Gasteiger partial charge in [0.1, 0.15) is 12.1 Å². The van der Waals surface area contributed by atoms with Gasteiger partial charge in [0, 0.05) is 0 Å². The van der Waals surface area contributed by atoms with Crippen LogP contribution >= 0.6 is 0 Å². The minimum atomic E-state index is -1.52. The third-order valence-electron chi connectivity index (χ3n) is 2.69. The van der Waals surface area contributed by atoms with Crippen LogP contribution in [0.4, 0.5) is 0 Å². The highest BCUT2D eigenvalue weighted by Crippen LogP contribution is 1.93. The number of carboxylic acid groups (broad SMARTS) is 1. The second-order valence-corrected chi connectivity index (χ2v) is 4.88. The first-order chi connectivity index (χ1) is 11.1. The summed E-state index contributed by atoms with van der Waals surface area (Å²) in [4.78, 5) is 56.5. The Balaban J connectivity index is 4.65. The van der Waals surface area contributed by atoms with Crippen molar-refractivity contribution in [1.82, 2.24) is 16.0 Å². The van der Waals surface area contributed by atoms with Crippen molar-refractivity contribution >= 4 is 29.6 Å². The summed E-state index contributed by atoms with van der Waals surface area (Å²) in [6.07, 6.45) is -0.514. The number of carbonyl (C=O) groups excluding carboxylic acids is 4. The maximum absolute atomic E-state index is 11.9. The average Bonchev–Trinajstić information content (AvgIpc) is 2.48. The van der Waals surface area contributed by atoms with Gasteiger partial charge in [-0.2, -0.15) is 0 Å². The molecule has 0 aliphatic rings. The van der Waals surface area contributed by atoms with Crippen molar-refractivity contribution in [3.05, 3.63) is 0 Å². The Kier molecular flexibility index (Phi) is 8.97. The molecule has 0 heterocycles. The number of nitrogens with one attached hydrogen (secondary N) is 3. The molecule has 0 aromatic heterocycles. The number of hydrogen-bond acceptors (Lipinski definition) is 7. The highest BCUT2D eigenvalue weighted by atomic mass is 16.4. The van der Waals surface area contributed by atoms with E-state index >= 15 is 0 Å². The van der Waals surface area contributed by atoms with E-state index in [9.17, 15) is 24.0 Å². The molecule has 0 aromatic carbocycles. The van der Waals surface area contributed by atoms with E-state index in [-0.39, 0.29) is 0 Å². The molecule has 12 nitrogen and oxygen atoms in total. The fourth-order valence-corrected chi connectivity index (χ4v) is 1.44. The number of hydrogen-bond donors (Lipinski definition) is 7. The number of aliphatic hydroxyl groups excluding tert-OH is 1. The van der Waals surface area contributed by atoms with Crippen molar-refractivity contribution in [2.75, 3.05) is 13.2 Å². The topological polar surface area (TPSA) is 214 Å². The summed E-state index contributed by atoms with van der Waals surface area (Å²) >= 11 is 0. The summed E-state index contributed by atoms with van der Waals surface area (Å²) in [5.74, 6) is -4.79. The van der Waals surface area contributed by atoms with E-state index in [0.717, 1.165) is 0 Å². The molecule has 3 unspecified atom stereocenters. The van der Waals surface area contributed by atoms with Gasteiger partial charge in [0.05, 0.1) is 25.6 Å². The Bertz CT molecular complexity index is 508. The van der Waals surface area contributed by atoms with E-state index in [1.54, 1.807) is 0 Å². The van der Waals surface area contributed by atoms with Gasteiger partial charge in [0.2, 0.25) is 23.6 Å².